The van der Waals surface area contributed by atoms with Crippen molar-refractivity contribution in [2.24, 2.45) is 5.41 Å². The molecule has 3 aliphatic rings. The van der Waals surface area contributed by atoms with Gasteiger partial charge in [0, 0.05) is 45.7 Å². The SMILES string of the molecule is O=C1CCC2(CCN(C(=O)C3CNCCO3)CC2)CN1CCc1ccccc1. The summed E-state index contributed by atoms with van der Waals surface area (Å²) in [5.41, 5.74) is 1.45. The summed E-state index contributed by atoms with van der Waals surface area (Å²) >= 11 is 0. The minimum absolute atomic E-state index is 0.120. The normalized spacial score (nSPS) is 25.1. The number of nitrogens with zero attached hydrogens (tertiary/aromatic N) is 2. The Morgan fingerprint density at radius 2 is 1.96 bits per heavy atom. The predicted octanol–water partition coefficient (Wildman–Crippen LogP) is 1.45. The maximum absolute atomic E-state index is 12.7. The first-order valence-corrected chi connectivity index (χ1v) is 10.6. The molecule has 1 aromatic carbocycles. The highest BCUT2D eigenvalue weighted by atomic mass is 16.5. The number of likely N-dealkylation sites (tertiary alicyclic amines) is 2. The third kappa shape index (κ3) is 4.39. The van der Waals surface area contributed by atoms with Crippen molar-refractivity contribution >= 4 is 11.8 Å². The van der Waals surface area contributed by atoms with E-state index in [2.05, 4.69) is 22.3 Å². The van der Waals surface area contributed by atoms with E-state index in [0.29, 0.717) is 19.6 Å². The van der Waals surface area contributed by atoms with Gasteiger partial charge in [0.05, 0.1) is 6.61 Å². The Kier molecular flexibility index (Phi) is 5.97. The molecular weight excluding hydrogens is 354 g/mol. The number of ether oxygens (including phenoxy) is 1. The minimum Gasteiger partial charge on any atom is -0.366 e. The fourth-order valence-electron chi connectivity index (χ4n) is 4.75. The van der Waals surface area contributed by atoms with Crippen LogP contribution in [-0.4, -0.2) is 73.6 Å². The fraction of sp³-hybridized carbons (Fsp3) is 0.636. The van der Waals surface area contributed by atoms with E-state index in [0.717, 1.165) is 58.4 Å². The minimum atomic E-state index is -0.335. The van der Waals surface area contributed by atoms with Gasteiger partial charge in [-0.2, -0.15) is 0 Å². The molecule has 2 amide bonds. The van der Waals surface area contributed by atoms with Crippen LogP contribution in [0.2, 0.25) is 0 Å². The van der Waals surface area contributed by atoms with E-state index in [-0.39, 0.29) is 23.3 Å². The topological polar surface area (TPSA) is 61.9 Å². The first kappa shape index (κ1) is 19.4. The van der Waals surface area contributed by atoms with Gasteiger partial charge in [0.15, 0.2) is 0 Å². The van der Waals surface area contributed by atoms with Gasteiger partial charge in [0.1, 0.15) is 6.10 Å². The highest BCUT2D eigenvalue weighted by Crippen LogP contribution is 2.40. The van der Waals surface area contributed by atoms with Gasteiger partial charge in [0.25, 0.3) is 5.91 Å². The summed E-state index contributed by atoms with van der Waals surface area (Å²) in [7, 11) is 0. The van der Waals surface area contributed by atoms with Crippen LogP contribution in [0, 0.1) is 5.41 Å². The number of carbonyl (C=O) groups is 2. The number of amides is 2. The Balaban J connectivity index is 1.31. The average Bonchev–Trinajstić information content (AvgIpc) is 2.76. The second-order valence-corrected chi connectivity index (χ2v) is 8.44. The standard InChI is InChI=1S/C22H31N3O3/c26-20-6-8-22(17-25(20)12-7-18-4-2-1-3-5-18)9-13-24(14-10-22)21(27)19-16-23-11-15-28-19/h1-5,19,23H,6-17H2. The monoisotopic (exact) mass is 385 g/mol. The van der Waals surface area contributed by atoms with Crippen LogP contribution >= 0.6 is 0 Å². The molecule has 3 heterocycles. The van der Waals surface area contributed by atoms with Crippen LogP contribution in [0.25, 0.3) is 0 Å². The molecule has 0 radical (unpaired) electrons. The molecule has 3 saturated heterocycles. The molecule has 1 unspecified atom stereocenters. The quantitative estimate of drug-likeness (QED) is 0.852. The van der Waals surface area contributed by atoms with Crippen molar-refractivity contribution in [1.29, 1.82) is 0 Å². The van der Waals surface area contributed by atoms with E-state index < -0.39 is 0 Å². The van der Waals surface area contributed by atoms with Gasteiger partial charge in [-0.3, -0.25) is 9.59 Å². The van der Waals surface area contributed by atoms with Gasteiger partial charge in [-0.1, -0.05) is 30.3 Å². The molecule has 0 bridgehead atoms. The highest BCUT2D eigenvalue weighted by Gasteiger charge is 2.42. The number of rotatable bonds is 4. The van der Waals surface area contributed by atoms with Crippen molar-refractivity contribution in [2.45, 2.75) is 38.2 Å². The van der Waals surface area contributed by atoms with E-state index in [4.69, 9.17) is 4.74 Å². The van der Waals surface area contributed by atoms with Gasteiger partial charge in [-0.25, -0.2) is 0 Å². The molecule has 4 rings (SSSR count). The van der Waals surface area contributed by atoms with Crippen LogP contribution in [0.3, 0.4) is 0 Å². The Hall–Kier alpha value is -1.92. The molecule has 152 valence electrons. The molecule has 0 aromatic heterocycles. The zero-order chi connectivity index (χ0) is 19.4. The van der Waals surface area contributed by atoms with Crippen LogP contribution in [0.15, 0.2) is 30.3 Å². The summed E-state index contributed by atoms with van der Waals surface area (Å²) in [6.45, 7) is 5.21. The summed E-state index contributed by atoms with van der Waals surface area (Å²) in [6, 6.07) is 10.4. The lowest BCUT2D eigenvalue weighted by Crippen LogP contribution is -2.55. The first-order valence-electron chi connectivity index (χ1n) is 10.6. The Bertz CT molecular complexity index is 680. The molecule has 3 fully saturated rings. The zero-order valence-electron chi connectivity index (χ0n) is 16.6. The molecule has 3 aliphatic heterocycles. The smallest absolute Gasteiger partial charge is 0.253 e. The fourth-order valence-corrected chi connectivity index (χ4v) is 4.75. The van der Waals surface area contributed by atoms with Crippen molar-refractivity contribution in [3.8, 4) is 0 Å². The van der Waals surface area contributed by atoms with Crippen LogP contribution in [0.4, 0.5) is 0 Å². The largest absolute Gasteiger partial charge is 0.366 e. The highest BCUT2D eigenvalue weighted by molar-refractivity contribution is 5.81. The summed E-state index contributed by atoms with van der Waals surface area (Å²) in [5, 5.41) is 3.23. The number of piperidine rings is 2. The summed E-state index contributed by atoms with van der Waals surface area (Å²) in [4.78, 5) is 29.2. The number of carbonyl (C=O) groups excluding carboxylic acids is 2. The number of hydrogen-bond donors (Lipinski definition) is 1. The third-order valence-electron chi connectivity index (χ3n) is 6.60. The Morgan fingerprint density at radius 3 is 2.68 bits per heavy atom. The average molecular weight is 386 g/mol. The van der Waals surface area contributed by atoms with Crippen molar-refractivity contribution < 1.29 is 14.3 Å². The molecule has 1 spiro atoms. The van der Waals surface area contributed by atoms with Crippen molar-refractivity contribution in [2.75, 3.05) is 45.9 Å². The summed E-state index contributed by atoms with van der Waals surface area (Å²) in [6.07, 6.45) is 4.12. The second-order valence-electron chi connectivity index (χ2n) is 8.44. The van der Waals surface area contributed by atoms with Crippen LogP contribution in [-0.2, 0) is 20.7 Å². The number of nitrogens with one attached hydrogen (secondary N) is 1. The van der Waals surface area contributed by atoms with Crippen molar-refractivity contribution in [3.05, 3.63) is 35.9 Å². The summed E-state index contributed by atoms with van der Waals surface area (Å²) < 4.78 is 5.63. The second kappa shape index (κ2) is 8.62. The number of morpholine rings is 1. The van der Waals surface area contributed by atoms with E-state index in [1.807, 2.05) is 23.1 Å². The Morgan fingerprint density at radius 1 is 1.18 bits per heavy atom. The molecule has 6 heteroatoms. The third-order valence-corrected chi connectivity index (χ3v) is 6.60. The first-order chi connectivity index (χ1) is 13.7. The van der Waals surface area contributed by atoms with Crippen molar-refractivity contribution in [3.63, 3.8) is 0 Å². The van der Waals surface area contributed by atoms with Gasteiger partial charge in [0.2, 0.25) is 5.91 Å². The number of hydrogen-bond acceptors (Lipinski definition) is 4. The maximum atomic E-state index is 12.7. The molecule has 1 atom stereocenters. The lowest BCUT2D eigenvalue weighted by molar-refractivity contribution is -0.150. The predicted molar refractivity (Wildman–Crippen MR) is 107 cm³/mol. The molecule has 0 saturated carbocycles. The van der Waals surface area contributed by atoms with Crippen LogP contribution < -0.4 is 5.32 Å². The van der Waals surface area contributed by atoms with E-state index in [9.17, 15) is 9.59 Å². The Labute approximate surface area is 167 Å². The summed E-state index contributed by atoms with van der Waals surface area (Å²) in [5.74, 6) is 0.400. The van der Waals surface area contributed by atoms with E-state index in [1.54, 1.807) is 0 Å². The van der Waals surface area contributed by atoms with Gasteiger partial charge < -0.3 is 19.9 Å². The molecule has 28 heavy (non-hydrogen) atoms. The van der Waals surface area contributed by atoms with E-state index >= 15 is 0 Å². The lowest BCUT2D eigenvalue weighted by Gasteiger charge is -2.48. The maximum Gasteiger partial charge on any atom is 0.253 e. The zero-order valence-corrected chi connectivity index (χ0v) is 16.6. The molecule has 0 aliphatic carbocycles. The van der Waals surface area contributed by atoms with Crippen LogP contribution in [0.5, 0.6) is 0 Å². The van der Waals surface area contributed by atoms with Crippen LogP contribution in [0.1, 0.15) is 31.2 Å². The van der Waals surface area contributed by atoms with E-state index in [1.165, 1.54) is 5.56 Å². The number of benzene rings is 1. The lowest BCUT2D eigenvalue weighted by atomic mass is 9.72. The van der Waals surface area contributed by atoms with Gasteiger partial charge in [-0.05, 0) is 36.7 Å². The molecule has 1 N–H and O–H groups in total. The molecule has 1 aromatic rings. The van der Waals surface area contributed by atoms with Crippen molar-refractivity contribution in [1.82, 2.24) is 15.1 Å². The van der Waals surface area contributed by atoms with Gasteiger partial charge >= 0.3 is 0 Å². The molecule has 6 nitrogen and oxygen atoms in total. The van der Waals surface area contributed by atoms with Gasteiger partial charge in [-0.15, -0.1) is 0 Å². The molecular formula is C22H31N3O3.